The van der Waals surface area contributed by atoms with Gasteiger partial charge in [0, 0.05) is 5.69 Å². The van der Waals surface area contributed by atoms with E-state index >= 15 is 0 Å². The summed E-state index contributed by atoms with van der Waals surface area (Å²) < 4.78 is 13.1. The van der Waals surface area contributed by atoms with E-state index in [1.54, 1.807) is 6.92 Å². The van der Waals surface area contributed by atoms with E-state index < -0.39 is 11.9 Å². The van der Waals surface area contributed by atoms with Crippen molar-refractivity contribution in [2.24, 2.45) is 0 Å². The molecule has 2 rings (SSSR count). The van der Waals surface area contributed by atoms with Gasteiger partial charge in [0.15, 0.2) is 0 Å². The number of hydrogen-bond acceptors (Lipinski definition) is 2. The number of piperazine rings is 1. The summed E-state index contributed by atoms with van der Waals surface area (Å²) in [6, 6.07) is 3.41. The minimum Gasteiger partial charge on any atom is -0.345 e. The van der Waals surface area contributed by atoms with Crippen LogP contribution < -0.4 is 10.2 Å². The van der Waals surface area contributed by atoms with Crippen LogP contribution in [0.1, 0.15) is 13.3 Å². The zero-order chi connectivity index (χ0) is 13.3. The van der Waals surface area contributed by atoms with Gasteiger partial charge < -0.3 is 5.32 Å². The second-order valence-electron chi connectivity index (χ2n) is 4.00. The molecule has 1 fully saturated rings. The van der Waals surface area contributed by atoms with E-state index in [2.05, 4.69) is 5.32 Å². The average molecular weight is 271 g/mol. The van der Waals surface area contributed by atoms with Gasteiger partial charge in [-0.2, -0.15) is 0 Å². The molecule has 1 heterocycles. The van der Waals surface area contributed by atoms with Gasteiger partial charge in [0.25, 0.3) is 0 Å². The molecule has 0 bridgehead atoms. The second kappa shape index (κ2) is 4.94. The Morgan fingerprint density at radius 2 is 2.22 bits per heavy atom. The fourth-order valence-electron chi connectivity index (χ4n) is 1.98. The van der Waals surface area contributed by atoms with Crippen molar-refractivity contribution in [1.82, 2.24) is 5.32 Å². The van der Waals surface area contributed by atoms with Crippen LogP contribution in [-0.2, 0) is 9.59 Å². The molecular formula is C12H12ClFN2O2. The molecule has 0 radical (unpaired) electrons. The highest BCUT2D eigenvalue weighted by molar-refractivity contribution is 6.31. The molecule has 4 nitrogen and oxygen atoms in total. The standard InChI is InChI=1S/C12H12ClFN2O2/c1-2-10-12(18)15-6-11(17)16(10)7-3-4-9(14)8(13)5-7/h3-5,10H,2,6H2,1H3,(H,15,18). The topological polar surface area (TPSA) is 49.4 Å². The number of nitrogens with zero attached hydrogens (tertiary/aromatic N) is 1. The number of benzene rings is 1. The predicted molar refractivity (Wildman–Crippen MR) is 66.0 cm³/mol. The fraction of sp³-hybridized carbons (Fsp3) is 0.333. The Balaban J connectivity index is 2.41. The lowest BCUT2D eigenvalue weighted by Gasteiger charge is -2.34. The van der Waals surface area contributed by atoms with E-state index in [0.29, 0.717) is 12.1 Å². The van der Waals surface area contributed by atoms with Gasteiger partial charge in [0.1, 0.15) is 11.9 Å². The van der Waals surface area contributed by atoms with Crippen LogP contribution in [0.3, 0.4) is 0 Å². The summed E-state index contributed by atoms with van der Waals surface area (Å²) in [5.41, 5.74) is 0.438. The summed E-state index contributed by atoms with van der Waals surface area (Å²) in [6.45, 7) is 1.76. The van der Waals surface area contributed by atoms with Crippen LogP contribution in [0, 0.1) is 5.82 Å². The maximum atomic E-state index is 13.1. The molecule has 1 aliphatic heterocycles. The Morgan fingerprint density at radius 3 is 2.83 bits per heavy atom. The van der Waals surface area contributed by atoms with Crippen molar-refractivity contribution in [3.63, 3.8) is 0 Å². The largest absolute Gasteiger partial charge is 0.345 e. The van der Waals surface area contributed by atoms with E-state index in [-0.39, 0.29) is 23.4 Å². The maximum Gasteiger partial charge on any atom is 0.247 e. The number of halogens is 2. The molecule has 1 aliphatic rings. The van der Waals surface area contributed by atoms with Crippen molar-refractivity contribution < 1.29 is 14.0 Å². The molecule has 0 spiro atoms. The highest BCUT2D eigenvalue weighted by atomic mass is 35.5. The molecule has 1 aromatic carbocycles. The number of carbonyl (C=O) groups is 2. The van der Waals surface area contributed by atoms with Gasteiger partial charge in [-0.25, -0.2) is 4.39 Å². The number of amides is 2. The molecule has 1 unspecified atom stereocenters. The molecule has 6 heteroatoms. The number of hydrogen-bond donors (Lipinski definition) is 1. The van der Waals surface area contributed by atoms with Crippen LogP contribution in [0.15, 0.2) is 18.2 Å². The normalized spacial score (nSPS) is 19.9. The van der Waals surface area contributed by atoms with Crippen molar-refractivity contribution in [1.29, 1.82) is 0 Å². The van der Waals surface area contributed by atoms with Crippen molar-refractivity contribution in [3.8, 4) is 0 Å². The quantitative estimate of drug-likeness (QED) is 0.890. The first-order valence-corrected chi connectivity index (χ1v) is 5.97. The highest BCUT2D eigenvalue weighted by Gasteiger charge is 2.34. The van der Waals surface area contributed by atoms with Gasteiger partial charge >= 0.3 is 0 Å². The zero-order valence-electron chi connectivity index (χ0n) is 9.74. The number of anilines is 1. The SMILES string of the molecule is CCC1C(=O)NCC(=O)N1c1ccc(F)c(Cl)c1. The van der Waals surface area contributed by atoms with Crippen LogP contribution in [0.25, 0.3) is 0 Å². The van der Waals surface area contributed by atoms with Gasteiger partial charge in [-0.05, 0) is 24.6 Å². The summed E-state index contributed by atoms with van der Waals surface area (Å²) >= 11 is 5.69. The second-order valence-corrected chi connectivity index (χ2v) is 4.41. The minimum atomic E-state index is -0.576. The molecule has 0 aromatic heterocycles. The Labute approximate surface area is 109 Å². The third-order valence-corrected chi connectivity index (χ3v) is 3.15. The Hall–Kier alpha value is -1.62. The third kappa shape index (κ3) is 2.18. The Morgan fingerprint density at radius 1 is 1.50 bits per heavy atom. The summed E-state index contributed by atoms with van der Waals surface area (Å²) in [4.78, 5) is 24.9. The first kappa shape index (κ1) is 12.8. The Bertz CT molecular complexity index is 507. The Kier molecular flexibility index (Phi) is 3.52. The molecule has 2 amide bonds. The maximum absolute atomic E-state index is 13.1. The van der Waals surface area contributed by atoms with E-state index in [1.807, 2.05) is 0 Å². The molecule has 96 valence electrons. The molecule has 1 N–H and O–H groups in total. The minimum absolute atomic E-state index is 0.0513. The van der Waals surface area contributed by atoms with Crippen LogP contribution in [0.5, 0.6) is 0 Å². The van der Waals surface area contributed by atoms with E-state index in [9.17, 15) is 14.0 Å². The molecule has 1 atom stereocenters. The van der Waals surface area contributed by atoms with Crippen LogP contribution in [0.2, 0.25) is 5.02 Å². The van der Waals surface area contributed by atoms with Gasteiger partial charge in [-0.3, -0.25) is 14.5 Å². The van der Waals surface area contributed by atoms with Crippen LogP contribution >= 0.6 is 11.6 Å². The lowest BCUT2D eigenvalue weighted by Crippen LogP contribution is -2.58. The smallest absolute Gasteiger partial charge is 0.247 e. The fourth-order valence-corrected chi connectivity index (χ4v) is 2.16. The molecule has 18 heavy (non-hydrogen) atoms. The molecule has 0 saturated carbocycles. The first-order chi connectivity index (χ1) is 8.54. The van der Waals surface area contributed by atoms with Crippen LogP contribution in [-0.4, -0.2) is 24.4 Å². The van der Waals surface area contributed by atoms with Gasteiger partial charge in [-0.15, -0.1) is 0 Å². The molecule has 1 saturated heterocycles. The predicted octanol–water partition coefficient (Wildman–Crippen LogP) is 1.72. The van der Waals surface area contributed by atoms with E-state index in [0.717, 1.165) is 0 Å². The summed E-state index contributed by atoms with van der Waals surface area (Å²) in [5.74, 6) is -0.996. The third-order valence-electron chi connectivity index (χ3n) is 2.86. The van der Waals surface area contributed by atoms with Crippen molar-refractivity contribution in [2.75, 3.05) is 11.4 Å². The number of carbonyl (C=O) groups excluding carboxylic acids is 2. The summed E-state index contributed by atoms with van der Waals surface area (Å²) in [6.07, 6.45) is 0.479. The first-order valence-electron chi connectivity index (χ1n) is 5.59. The molecule has 0 aliphatic carbocycles. The van der Waals surface area contributed by atoms with Gasteiger partial charge in [0.2, 0.25) is 11.8 Å². The van der Waals surface area contributed by atoms with Crippen molar-refractivity contribution in [3.05, 3.63) is 29.0 Å². The summed E-state index contributed by atoms with van der Waals surface area (Å²) in [5, 5.41) is 2.45. The van der Waals surface area contributed by atoms with Crippen molar-refractivity contribution in [2.45, 2.75) is 19.4 Å². The summed E-state index contributed by atoms with van der Waals surface area (Å²) in [7, 11) is 0. The van der Waals surface area contributed by atoms with Gasteiger partial charge in [0.05, 0.1) is 11.6 Å². The highest BCUT2D eigenvalue weighted by Crippen LogP contribution is 2.26. The lowest BCUT2D eigenvalue weighted by atomic mass is 10.1. The number of rotatable bonds is 2. The lowest BCUT2D eigenvalue weighted by molar-refractivity contribution is -0.131. The van der Waals surface area contributed by atoms with E-state index in [4.69, 9.17) is 11.6 Å². The molecular weight excluding hydrogens is 259 g/mol. The monoisotopic (exact) mass is 270 g/mol. The van der Waals surface area contributed by atoms with E-state index in [1.165, 1.54) is 23.1 Å². The average Bonchev–Trinajstić information content (AvgIpc) is 2.35. The van der Waals surface area contributed by atoms with Gasteiger partial charge in [-0.1, -0.05) is 18.5 Å². The zero-order valence-corrected chi connectivity index (χ0v) is 10.5. The molecule has 1 aromatic rings. The van der Waals surface area contributed by atoms with Crippen molar-refractivity contribution >= 4 is 29.1 Å². The van der Waals surface area contributed by atoms with Crippen LogP contribution in [0.4, 0.5) is 10.1 Å². The number of nitrogens with one attached hydrogen (secondary N) is 1.